The van der Waals surface area contributed by atoms with E-state index in [9.17, 15) is 9.59 Å². The average molecular weight is 625 g/mol. The molecule has 44 heavy (non-hydrogen) atoms. The second-order valence-corrected chi connectivity index (χ2v) is 13.0. The van der Waals surface area contributed by atoms with Gasteiger partial charge in [-0.25, -0.2) is 9.18 Å². The zero-order chi connectivity index (χ0) is 30.8. The summed E-state index contributed by atoms with van der Waals surface area (Å²) < 4.78 is 24.7. The van der Waals surface area contributed by atoms with Crippen molar-refractivity contribution in [2.75, 3.05) is 6.61 Å². The van der Waals surface area contributed by atoms with Crippen molar-refractivity contribution in [1.29, 1.82) is 0 Å². The third-order valence-corrected chi connectivity index (χ3v) is 9.89. The summed E-state index contributed by atoms with van der Waals surface area (Å²) in [6, 6.07) is 23.7. The number of fused-ring (bicyclic) bond motifs is 1. The first-order chi connectivity index (χ1) is 21.4. The third-order valence-electron chi connectivity index (χ3n) is 7.58. The van der Waals surface area contributed by atoms with Crippen molar-refractivity contribution in [3.05, 3.63) is 123 Å². The predicted molar refractivity (Wildman–Crippen MR) is 177 cm³/mol. The number of nitrogens with zero attached hydrogens (tertiary/aromatic N) is 2. The minimum absolute atomic E-state index is 0.0606. The first-order valence-corrected chi connectivity index (χ1v) is 16.7. The van der Waals surface area contributed by atoms with Crippen molar-refractivity contribution in [2.45, 2.75) is 61.0 Å². The van der Waals surface area contributed by atoms with E-state index >= 15 is 4.39 Å². The standard InChI is InChI=1S/C36H33FN2O3S2/c1-4-42-36(41)28-19-39(27-15-16-27)32-30(33(28)40)34(43-20-24-11-7-5-8-12-24)31(37)29(26-17-22(2)38-23(3)18-26)35(32)44-21-25-13-9-6-10-14-25/h5-14,17-19,27H,4,15-16,20-21H2,1-3H3. The number of benzene rings is 3. The van der Waals surface area contributed by atoms with E-state index in [-0.39, 0.29) is 28.5 Å². The van der Waals surface area contributed by atoms with Crippen LogP contribution in [0.5, 0.6) is 0 Å². The molecule has 1 saturated carbocycles. The number of aromatic nitrogens is 2. The lowest BCUT2D eigenvalue weighted by molar-refractivity contribution is 0.0524. The summed E-state index contributed by atoms with van der Waals surface area (Å²) in [4.78, 5) is 32.9. The molecule has 1 aliphatic rings. The van der Waals surface area contributed by atoms with Gasteiger partial charge in [0.25, 0.3) is 0 Å². The fourth-order valence-corrected chi connectivity index (χ4v) is 7.75. The van der Waals surface area contributed by atoms with E-state index in [4.69, 9.17) is 4.74 Å². The molecule has 224 valence electrons. The molecular formula is C36H33FN2O3S2. The molecule has 5 nitrogen and oxygen atoms in total. The number of esters is 1. The van der Waals surface area contributed by atoms with Crippen LogP contribution >= 0.6 is 23.5 Å². The van der Waals surface area contributed by atoms with Gasteiger partial charge >= 0.3 is 5.97 Å². The Hall–Kier alpha value is -3.88. The van der Waals surface area contributed by atoms with Gasteiger partial charge in [-0.05, 0) is 62.4 Å². The van der Waals surface area contributed by atoms with Crippen molar-refractivity contribution in [3.63, 3.8) is 0 Å². The van der Waals surface area contributed by atoms with Gasteiger partial charge in [0.15, 0.2) is 0 Å². The molecule has 6 rings (SSSR count). The molecule has 2 heterocycles. The molecule has 1 fully saturated rings. The summed E-state index contributed by atoms with van der Waals surface area (Å²) in [5, 5.41) is 0.239. The molecule has 1 aliphatic carbocycles. The van der Waals surface area contributed by atoms with Gasteiger partial charge in [0.1, 0.15) is 11.4 Å². The quantitative estimate of drug-likeness (QED) is 0.114. The zero-order valence-electron chi connectivity index (χ0n) is 24.9. The number of aryl methyl sites for hydroxylation is 2. The monoisotopic (exact) mass is 624 g/mol. The van der Waals surface area contributed by atoms with Crippen LogP contribution in [0.3, 0.4) is 0 Å². The van der Waals surface area contributed by atoms with Crippen LogP contribution in [0.4, 0.5) is 4.39 Å². The van der Waals surface area contributed by atoms with Crippen LogP contribution in [0, 0.1) is 19.7 Å². The number of hydrogen-bond acceptors (Lipinski definition) is 6. The number of thioether (sulfide) groups is 2. The van der Waals surface area contributed by atoms with E-state index in [0.29, 0.717) is 27.5 Å². The molecule has 0 unspecified atom stereocenters. The molecular weight excluding hydrogens is 592 g/mol. The SMILES string of the molecule is CCOC(=O)c1cn(C2CC2)c2c(SCc3ccccc3)c(-c3cc(C)nc(C)c3)c(F)c(SCc3ccccc3)c2c1=O. The third kappa shape index (κ3) is 6.19. The van der Waals surface area contributed by atoms with Crippen molar-refractivity contribution in [3.8, 4) is 11.1 Å². The Morgan fingerprint density at radius 2 is 1.50 bits per heavy atom. The van der Waals surface area contributed by atoms with Crippen LogP contribution in [0.25, 0.3) is 22.0 Å². The molecule has 0 amide bonds. The molecule has 0 spiro atoms. The Morgan fingerprint density at radius 1 is 0.932 bits per heavy atom. The van der Waals surface area contributed by atoms with Crippen LogP contribution in [0.2, 0.25) is 0 Å². The van der Waals surface area contributed by atoms with Crippen molar-refractivity contribution in [2.24, 2.45) is 0 Å². The minimum atomic E-state index is -0.684. The highest BCUT2D eigenvalue weighted by Crippen LogP contribution is 2.48. The Labute approximate surface area is 264 Å². The van der Waals surface area contributed by atoms with Crippen LogP contribution in [-0.4, -0.2) is 22.1 Å². The first-order valence-electron chi connectivity index (χ1n) is 14.8. The van der Waals surface area contributed by atoms with E-state index < -0.39 is 17.2 Å². The van der Waals surface area contributed by atoms with Gasteiger partial charge in [-0.1, -0.05) is 60.7 Å². The maximum Gasteiger partial charge on any atom is 0.343 e. The number of ether oxygens (including phenoxy) is 1. The van der Waals surface area contributed by atoms with Crippen molar-refractivity contribution >= 4 is 40.4 Å². The summed E-state index contributed by atoms with van der Waals surface area (Å²) in [6.07, 6.45) is 3.47. The Bertz CT molecular complexity index is 1880. The number of halogens is 1. The smallest absolute Gasteiger partial charge is 0.343 e. The van der Waals surface area contributed by atoms with Crippen LogP contribution in [-0.2, 0) is 16.2 Å². The van der Waals surface area contributed by atoms with E-state index in [1.165, 1.54) is 23.5 Å². The molecule has 0 bridgehead atoms. The largest absolute Gasteiger partial charge is 0.462 e. The molecule has 0 atom stereocenters. The lowest BCUT2D eigenvalue weighted by atomic mass is 10.00. The van der Waals surface area contributed by atoms with Gasteiger partial charge in [0.2, 0.25) is 5.43 Å². The summed E-state index contributed by atoms with van der Waals surface area (Å²) in [7, 11) is 0. The molecule has 0 radical (unpaired) electrons. The summed E-state index contributed by atoms with van der Waals surface area (Å²) in [5.74, 6) is -0.0972. The maximum absolute atomic E-state index is 17.3. The maximum atomic E-state index is 17.3. The molecule has 2 aromatic heterocycles. The van der Waals surface area contributed by atoms with Gasteiger partial charge in [0, 0.05) is 45.6 Å². The Morgan fingerprint density at radius 3 is 2.05 bits per heavy atom. The Kier molecular flexibility index (Phi) is 8.91. The van der Waals surface area contributed by atoms with E-state index in [2.05, 4.69) is 4.98 Å². The molecule has 0 saturated heterocycles. The van der Waals surface area contributed by atoms with E-state index in [0.717, 1.165) is 40.9 Å². The molecule has 8 heteroatoms. The van der Waals surface area contributed by atoms with E-state index in [1.807, 2.05) is 91.2 Å². The highest BCUT2D eigenvalue weighted by Gasteiger charge is 2.33. The predicted octanol–water partition coefficient (Wildman–Crippen LogP) is 8.92. The molecule has 5 aromatic rings. The number of carbonyl (C=O) groups excluding carboxylic acids is 1. The second kappa shape index (κ2) is 13.0. The van der Waals surface area contributed by atoms with Gasteiger partial charge in [0.05, 0.1) is 22.4 Å². The van der Waals surface area contributed by atoms with Crippen molar-refractivity contribution < 1.29 is 13.9 Å². The number of carbonyl (C=O) groups is 1. The van der Waals surface area contributed by atoms with Crippen LogP contribution < -0.4 is 5.43 Å². The highest BCUT2D eigenvalue weighted by molar-refractivity contribution is 7.99. The second-order valence-electron chi connectivity index (χ2n) is 11.0. The molecule has 0 aliphatic heterocycles. The molecule has 3 aromatic carbocycles. The number of hydrogen-bond donors (Lipinski definition) is 0. The topological polar surface area (TPSA) is 61.2 Å². The molecule has 0 N–H and O–H groups in total. The summed E-state index contributed by atoms with van der Waals surface area (Å²) >= 11 is 2.81. The average Bonchev–Trinajstić information content (AvgIpc) is 3.86. The lowest BCUT2D eigenvalue weighted by Gasteiger charge is -2.22. The zero-order valence-corrected chi connectivity index (χ0v) is 26.6. The Balaban J connectivity index is 1.69. The van der Waals surface area contributed by atoms with Crippen molar-refractivity contribution in [1.82, 2.24) is 9.55 Å². The minimum Gasteiger partial charge on any atom is -0.462 e. The fourth-order valence-electron chi connectivity index (χ4n) is 5.48. The first kappa shape index (κ1) is 30.2. The van der Waals surface area contributed by atoms with Gasteiger partial charge in [-0.3, -0.25) is 9.78 Å². The summed E-state index contributed by atoms with van der Waals surface area (Å²) in [6.45, 7) is 5.66. The normalized spacial score (nSPS) is 12.9. The van der Waals surface area contributed by atoms with Crippen LogP contribution in [0.1, 0.15) is 58.7 Å². The van der Waals surface area contributed by atoms with Gasteiger partial charge in [-0.15, -0.1) is 23.5 Å². The van der Waals surface area contributed by atoms with E-state index in [1.54, 1.807) is 13.1 Å². The number of rotatable bonds is 10. The number of pyridine rings is 2. The van der Waals surface area contributed by atoms with Gasteiger partial charge in [-0.2, -0.15) is 0 Å². The highest BCUT2D eigenvalue weighted by atomic mass is 32.2. The lowest BCUT2D eigenvalue weighted by Crippen LogP contribution is -2.22. The summed E-state index contributed by atoms with van der Waals surface area (Å²) in [5.41, 5.74) is 4.96. The van der Waals surface area contributed by atoms with Gasteiger partial charge < -0.3 is 9.30 Å². The fraction of sp³-hybridized carbons (Fsp3) is 0.250. The van der Waals surface area contributed by atoms with Crippen LogP contribution in [0.15, 0.2) is 93.6 Å².